The Morgan fingerprint density at radius 3 is 1.66 bits per heavy atom. The maximum absolute atomic E-state index is 12.0. The number of nitrogens with zero attached hydrogens (tertiary/aromatic N) is 1. The van der Waals surface area contributed by atoms with Crippen LogP contribution in [0.25, 0.3) is 0 Å². The summed E-state index contributed by atoms with van der Waals surface area (Å²) in [5.41, 5.74) is 0.713. The number of hydrogen-bond donors (Lipinski definition) is 1. The summed E-state index contributed by atoms with van der Waals surface area (Å²) in [5.74, 6) is 40.2. The zero-order valence-electron chi connectivity index (χ0n) is 16.2. The zero-order chi connectivity index (χ0) is 21.2. The van der Waals surface area contributed by atoms with Gasteiger partial charge >= 0.3 is 0 Å². The van der Waals surface area contributed by atoms with Gasteiger partial charge in [0.05, 0.1) is 11.6 Å². The fraction of sp³-hybridized carbons (Fsp3) is 0.154. The molecular weight excluding hydrogens is 356 g/mol. The molecule has 0 aliphatic rings. The molecule has 0 fully saturated rings. The average molecular weight is 371 g/mol. The molecule has 0 radical (unpaired) electrons. The normalized spacial score (nSPS) is 7.69. The van der Waals surface area contributed by atoms with Gasteiger partial charge in [-0.25, -0.2) is 4.57 Å². The lowest BCUT2D eigenvalue weighted by atomic mass is 10.1. The molecule has 0 saturated heterocycles. The average Bonchev–Trinajstić information content (AvgIpc) is 2.72. The molecular formula is C26H15N2O+. The van der Waals surface area contributed by atoms with Crippen LogP contribution in [0.2, 0.25) is 0 Å². The number of carbonyl (C=O) groups is 1. The predicted molar refractivity (Wildman–Crippen MR) is 113 cm³/mol. The predicted octanol–water partition coefficient (Wildman–Crippen LogP) is 1.13. The van der Waals surface area contributed by atoms with Gasteiger partial charge in [-0.05, 0) is 96.7 Å². The fourth-order valence-corrected chi connectivity index (χ4v) is 1.48. The molecule has 1 aromatic heterocycles. The van der Waals surface area contributed by atoms with Crippen LogP contribution >= 0.6 is 0 Å². The molecule has 0 bridgehead atoms. The molecule has 1 unspecified atom stereocenters. The molecule has 134 valence electrons. The summed E-state index contributed by atoms with van der Waals surface area (Å²) in [7, 11) is 1.90. The zero-order valence-corrected chi connectivity index (χ0v) is 16.2. The lowest BCUT2D eigenvalue weighted by Crippen LogP contribution is -2.26. The molecule has 0 aliphatic carbocycles. The third kappa shape index (κ3) is 11.4. The van der Waals surface area contributed by atoms with Crippen molar-refractivity contribution in [1.82, 2.24) is 0 Å². The standard InChI is InChI=1S/C26H14N2O/c1-4-5-6-7-8-9-10-11-12-13-14-15-16-17-18-19-24(2)26(29)27-25-20-22-28(3)23-21-25/h20-24H,1-3H3/p+1. The largest absolute Gasteiger partial charge is 0.325 e. The Kier molecular flexibility index (Phi) is 10.9. The quantitative estimate of drug-likeness (QED) is 0.614. The smallest absolute Gasteiger partial charge is 0.239 e. The van der Waals surface area contributed by atoms with E-state index in [1.54, 1.807) is 13.8 Å². The van der Waals surface area contributed by atoms with E-state index in [9.17, 15) is 4.79 Å². The van der Waals surface area contributed by atoms with Gasteiger partial charge in [-0.1, -0.05) is 11.8 Å². The number of anilines is 1. The molecule has 0 spiro atoms. The van der Waals surface area contributed by atoms with Crippen molar-refractivity contribution >= 4 is 11.6 Å². The molecule has 1 amide bonds. The highest BCUT2D eigenvalue weighted by atomic mass is 16.1. The van der Waals surface area contributed by atoms with Crippen LogP contribution in [-0.2, 0) is 11.8 Å². The molecule has 0 aliphatic heterocycles. The van der Waals surface area contributed by atoms with E-state index < -0.39 is 5.92 Å². The Bertz CT molecular complexity index is 1250. The van der Waals surface area contributed by atoms with Crippen LogP contribution in [0.1, 0.15) is 13.8 Å². The Labute approximate surface area is 172 Å². The van der Waals surface area contributed by atoms with Crippen molar-refractivity contribution in [2.75, 3.05) is 5.32 Å². The number of rotatable bonds is 2. The van der Waals surface area contributed by atoms with Crippen LogP contribution in [-0.4, -0.2) is 5.91 Å². The first-order valence-electron chi connectivity index (χ1n) is 8.32. The Morgan fingerprint density at radius 2 is 1.21 bits per heavy atom. The lowest BCUT2D eigenvalue weighted by Gasteiger charge is -2.05. The van der Waals surface area contributed by atoms with Crippen LogP contribution < -0.4 is 9.88 Å². The van der Waals surface area contributed by atoms with E-state index >= 15 is 0 Å². The summed E-state index contributed by atoms with van der Waals surface area (Å²) >= 11 is 0. The molecule has 0 saturated carbocycles. The van der Waals surface area contributed by atoms with Crippen molar-refractivity contribution in [3.63, 3.8) is 0 Å². The maximum Gasteiger partial charge on any atom is 0.239 e. The number of aromatic nitrogens is 1. The van der Waals surface area contributed by atoms with Crippen molar-refractivity contribution in [2.45, 2.75) is 13.8 Å². The number of hydrogen-bond acceptors (Lipinski definition) is 1. The highest BCUT2D eigenvalue weighted by Gasteiger charge is 2.10. The van der Waals surface area contributed by atoms with E-state index in [-0.39, 0.29) is 5.91 Å². The summed E-state index contributed by atoms with van der Waals surface area (Å²) in [6.07, 6.45) is 3.69. The van der Waals surface area contributed by atoms with Crippen molar-refractivity contribution in [3.05, 3.63) is 24.5 Å². The van der Waals surface area contributed by atoms with E-state index in [0.29, 0.717) is 5.69 Å². The Balaban J connectivity index is 2.49. The first-order chi connectivity index (χ1) is 14.1. The van der Waals surface area contributed by atoms with Crippen LogP contribution in [0.4, 0.5) is 5.69 Å². The minimum Gasteiger partial charge on any atom is -0.325 e. The van der Waals surface area contributed by atoms with Crippen molar-refractivity contribution in [1.29, 1.82) is 0 Å². The van der Waals surface area contributed by atoms with Crippen LogP contribution in [0, 0.1) is 101 Å². The van der Waals surface area contributed by atoms with Gasteiger partial charge < -0.3 is 5.32 Å². The van der Waals surface area contributed by atoms with Gasteiger partial charge in [-0.3, -0.25) is 4.79 Å². The molecule has 3 heteroatoms. The van der Waals surface area contributed by atoms with Gasteiger partial charge in [-0.2, -0.15) is 0 Å². The molecule has 0 aromatic carbocycles. The van der Waals surface area contributed by atoms with Crippen LogP contribution in [0.15, 0.2) is 24.5 Å². The maximum atomic E-state index is 12.0. The van der Waals surface area contributed by atoms with E-state index in [0.717, 1.165) is 0 Å². The van der Waals surface area contributed by atoms with Crippen molar-refractivity contribution in [3.8, 4) is 94.7 Å². The van der Waals surface area contributed by atoms with Gasteiger partial charge in [-0.15, -0.1) is 0 Å². The highest BCUT2D eigenvalue weighted by molar-refractivity contribution is 5.94. The molecule has 1 atom stereocenters. The van der Waals surface area contributed by atoms with Gasteiger partial charge in [0.15, 0.2) is 12.4 Å². The minimum absolute atomic E-state index is 0.198. The topological polar surface area (TPSA) is 33.0 Å². The van der Waals surface area contributed by atoms with E-state index in [1.165, 1.54) is 0 Å². The molecule has 3 nitrogen and oxygen atoms in total. The molecule has 1 aromatic rings. The summed E-state index contributed by atoms with van der Waals surface area (Å²) < 4.78 is 1.88. The van der Waals surface area contributed by atoms with Gasteiger partial charge in [0.2, 0.25) is 5.91 Å². The van der Waals surface area contributed by atoms with Crippen molar-refractivity contribution in [2.24, 2.45) is 13.0 Å². The molecule has 1 heterocycles. The van der Waals surface area contributed by atoms with Crippen LogP contribution in [0.3, 0.4) is 0 Å². The van der Waals surface area contributed by atoms with Gasteiger partial charge in [0.25, 0.3) is 0 Å². The number of nitrogens with one attached hydrogen (secondary N) is 1. The van der Waals surface area contributed by atoms with Crippen LogP contribution in [0.5, 0.6) is 0 Å². The summed E-state index contributed by atoms with van der Waals surface area (Å²) in [5, 5.41) is 2.79. The van der Waals surface area contributed by atoms with E-state index in [2.05, 4.69) is 100 Å². The van der Waals surface area contributed by atoms with E-state index in [1.807, 2.05) is 36.1 Å². The second-order valence-corrected chi connectivity index (χ2v) is 5.11. The molecule has 29 heavy (non-hydrogen) atoms. The first-order valence-corrected chi connectivity index (χ1v) is 8.32. The third-order valence-electron chi connectivity index (χ3n) is 2.87. The Hall–Kier alpha value is -4.90. The Morgan fingerprint density at radius 1 is 0.793 bits per heavy atom. The SMILES string of the molecule is CC#CC#CC#CC#CC#CC#CC#CC#CC(C)C(=O)Nc1cc[n+](C)cc1. The summed E-state index contributed by atoms with van der Waals surface area (Å²) in [4.78, 5) is 12.0. The number of aryl methyl sites for hydroxylation is 1. The number of pyridine rings is 1. The third-order valence-corrected chi connectivity index (χ3v) is 2.87. The van der Waals surface area contributed by atoms with Gasteiger partial charge in [0.1, 0.15) is 7.05 Å². The fourth-order valence-electron chi connectivity index (χ4n) is 1.48. The van der Waals surface area contributed by atoms with E-state index in [4.69, 9.17) is 0 Å². The monoisotopic (exact) mass is 371 g/mol. The first kappa shape index (κ1) is 22.1. The van der Waals surface area contributed by atoms with Crippen molar-refractivity contribution < 1.29 is 9.36 Å². The summed E-state index contributed by atoms with van der Waals surface area (Å²) in [6, 6.07) is 3.62. The number of amides is 1. The molecule has 1 rings (SSSR count). The second kappa shape index (κ2) is 14.3. The minimum atomic E-state index is -0.499. The second-order valence-electron chi connectivity index (χ2n) is 5.11. The highest BCUT2D eigenvalue weighted by Crippen LogP contribution is 2.05. The lowest BCUT2D eigenvalue weighted by molar-refractivity contribution is -0.671. The summed E-state index contributed by atoms with van der Waals surface area (Å²) in [6.45, 7) is 3.40. The van der Waals surface area contributed by atoms with Gasteiger partial charge in [0, 0.05) is 12.1 Å². The number of carbonyl (C=O) groups excluding carboxylic acids is 1. The molecule has 1 N–H and O–H groups in total.